The Hall–Kier alpha value is -2.47. The van der Waals surface area contributed by atoms with E-state index in [0.29, 0.717) is 5.92 Å². The van der Waals surface area contributed by atoms with Crippen molar-refractivity contribution in [2.75, 3.05) is 31.5 Å². The number of aromatic nitrogens is 4. The third kappa shape index (κ3) is 3.54. The van der Waals surface area contributed by atoms with E-state index in [-0.39, 0.29) is 0 Å². The summed E-state index contributed by atoms with van der Waals surface area (Å²) in [6.07, 6.45) is 1.24. The minimum Gasteiger partial charge on any atom is -0.368 e. The summed E-state index contributed by atoms with van der Waals surface area (Å²) in [5, 5.41) is 9.05. The van der Waals surface area contributed by atoms with Crippen LogP contribution in [-0.2, 0) is 7.05 Å². The van der Waals surface area contributed by atoms with Gasteiger partial charge in [-0.15, -0.1) is 0 Å². The molecule has 2 aromatic heterocycles. The fourth-order valence-corrected chi connectivity index (χ4v) is 4.24. The number of aryl methyl sites for hydroxylation is 4. The van der Waals surface area contributed by atoms with Crippen molar-refractivity contribution in [2.24, 2.45) is 7.05 Å². The molecule has 3 aromatic rings. The van der Waals surface area contributed by atoms with E-state index in [1.165, 1.54) is 17.5 Å². The van der Waals surface area contributed by atoms with Crippen LogP contribution in [0.1, 0.15) is 35.0 Å². The summed E-state index contributed by atoms with van der Waals surface area (Å²) in [6, 6.07) is 8.79. The first kappa shape index (κ1) is 17.9. The fourth-order valence-electron chi connectivity index (χ4n) is 4.24. The van der Waals surface area contributed by atoms with Crippen LogP contribution in [0.5, 0.6) is 0 Å². The van der Waals surface area contributed by atoms with Gasteiger partial charge in [-0.3, -0.25) is 4.68 Å². The largest absolute Gasteiger partial charge is 0.368 e. The lowest BCUT2D eigenvalue weighted by molar-refractivity contribution is 0.347. The molecule has 1 aliphatic heterocycles. The number of nitrogens with zero attached hydrogens (tertiary/aromatic N) is 5. The van der Waals surface area contributed by atoms with Crippen molar-refractivity contribution in [3.8, 4) is 0 Å². The number of nitrogens with one attached hydrogen (secondary N) is 1. The van der Waals surface area contributed by atoms with E-state index in [2.05, 4.69) is 56.5 Å². The summed E-state index contributed by atoms with van der Waals surface area (Å²) < 4.78 is 1.83. The molecule has 0 amide bonds. The third-order valence-electron chi connectivity index (χ3n) is 5.59. The lowest BCUT2D eigenvalue weighted by atomic mass is 9.94. The summed E-state index contributed by atoms with van der Waals surface area (Å²) in [5.41, 5.74) is 4.78. The minimum absolute atomic E-state index is 0.653. The number of hydrogen-bond donors (Lipinski definition) is 1. The molecule has 1 aliphatic rings. The number of likely N-dealkylation sites (tertiary alicyclic amines) is 1. The van der Waals surface area contributed by atoms with Gasteiger partial charge in [0.05, 0.1) is 11.1 Å². The molecule has 142 valence electrons. The van der Waals surface area contributed by atoms with Gasteiger partial charge in [-0.1, -0.05) is 24.3 Å². The topological polar surface area (TPSA) is 58.9 Å². The SMILES string of the molecule is Cc1nc(NCCN2CC[C@@H](c3ccccc3C)C2)c2c(C)nn(C)c2n1. The average molecular weight is 364 g/mol. The quantitative estimate of drug-likeness (QED) is 0.753. The zero-order chi connectivity index (χ0) is 19.0. The zero-order valence-electron chi connectivity index (χ0n) is 16.7. The molecule has 1 atom stereocenters. The minimum atomic E-state index is 0.653. The standard InChI is InChI=1S/C21H28N6/c1-14-7-5-6-8-18(14)17-9-11-27(13-17)12-10-22-20-19-15(2)25-26(4)21(19)24-16(3)23-20/h5-8,17H,9-13H2,1-4H3,(H,22,23,24)/t17-/m1/s1. The Balaban J connectivity index is 1.40. The Bertz CT molecular complexity index is 961. The smallest absolute Gasteiger partial charge is 0.163 e. The normalized spacial score (nSPS) is 17.7. The molecule has 1 aromatic carbocycles. The lowest BCUT2D eigenvalue weighted by Gasteiger charge is -2.18. The molecule has 6 nitrogen and oxygen atoms in total. The Morgan fingerprint density at radius 3 is 2.78 bits per heavy atom. The summed E-state index contributed by atoms with van der Waals surface area (Å²) in [6.45, 7) is 10.4. The van der Waals surface area contributed by atoms with Gasteiger partial charge in [-0.25, -0.2) is 9.97 Å². The monoisotopic (exact) mass is 364 g/mol. The van der Waals surface area contributed by atoms with Gasteiger partial charge in [0.1, 0.15) is 11.6 Å². The van der Waals surface area contributed by atoms with Gasteiger partial charge in [0.2, 0.25) is 0 Å². The molecule has 1 saturated heterocycles. The first-order valence-corrected chi connectivity index (χ1v) is 9.72. The van der Waals surface area contributed by atoms with Gasteiger partial charge >= 0.3 is 0 Å². The van der Waals surface area contributed by atoms with Gasteiger partial charge in [0, 0.05) is 26.7 Å². The molecule has 0 unspecified atom stereocenters. The first-order chi connectivity index (χ1) is 13.0. The highest BCUT2D eigenvalue weighted by Crippen LogP contribution is 2.29. The van der Waals surface area contributed by atoms with Crippen LogP contribution in [0.25, 0.3) is 11.0 Å². The molecule has 0 saturated carbocycles. The van der Waals surface area contributed by atoms with Crippen molar-refractivity contribution in [3.63, 3.8) is 0 Å². The van der Waals surface area contributed by atoms with Gasteiger partial charge < -0.3 is 10.2 Å². The van der Waals surface area contributed by atoms with Crippen molar-refractivity contribution < 1.29 is 0 Å². The Morgan fingerprint density at radius 1 is 1.15 bits per heavy atom. The number of hydrogen-bond acceptors (Lipinski definition) is 5. The molecule has 27 heavy (non-hydrogen) atoms. The molecule has 0 spiro atoms. The van der Waals surface area contributed by atoms with E-state index < -0.39 is 0 Å². The molecule has 3 heterocycles. The maximum Gasteiger partial charge on any atom is 0.163 e. The molecule has 6 heteroatoms. The van der Waals surface area contributed by atoms with Gasteiger partial charge in [0.15, 0.2) is 5.65 Å². The van der Waals surface area contributed by atoms with Crippen molar-refractivity contribution in [3.05, 3.63) is 46.9 Å². The molecular weight excluding hydrogens is 336 g/mol. The number of fused-ring (bicyclic) bond motifs is 1. The lowest BCUT2D eigenvalue weighted by Crippen LogP contribution is -2.27. The molecule has 1 fully saturated rings. The Morgan fingerprint density at radius 2 is 1.96 bits per heavy atom. The predicted octanol–water partition coefficient (Wildman–Crippen LogP) is 3.19. The van der Waals surface area contributed by atoms with Crippen LogP contribution in [0.3, 0.4) is 0 Å². The van der Waals surface area contributed by atoms with Gasteiger partial charge in [-0.2, -0.15) is 5.10 Å². The maximum absolute atomic E-state index is 4.62. The van der Waals surface area contributed by atoms with Gasteiger partial charge in [0.25, 0.3) is 0 Å². The van der Waals surface area contributed by atoms with Crippen molar-refractivity contribution in [2.45, 2.75) is 33.1 Å². The van der Waals surface area contributed by atoms with Crippen molar-refractivity contribution in [1.82, 2.24) is 24.6 Å². The van der Waals surface area contributed by atoms with E-state index in [1.54, 1.807) is 0 Å². The maximum atomic E-state index is 4.62. The number of benzene rings is 1. The highest BCUT2D eigenvalue weighted by atomic mass is 15.3. The molecular formula is C21H28N6. The summed E-state index contributed by atoms with van der Waals surface area (Å²) in [7, 11) is 1.93. The van der Waals surface area contributed by atoms with Crippen LogP contribution in [0.2, 0.25) is 0 Å². The van der Waals surface area contributed by atoms with Crippen LogP contribution in [0.4, 0.5) is 5.82 Å². The predicted molar refractivity (Wildman–Crippen MR) is 109 cm³/mol. The second-order valence-electron chi connectivity index (χ2n) is 7.60. The van der Waals surface area contributed by atoms with Gasteiger partial charge in [-0.05, 0) is 50.8 Å². The van der Waals surface area contributed by atoms with Crippen LogP contribution in [0, 0.1) is 20.8 Å². The molecule has 4 rings (SSSR count). The molecule has 0 radical (unpaired) electrons. The van der Waals surface area contributed by atoms with Crippen molar-refractivity contribution in [1.29, 1.82) is 0 Å². The summed E-state index contributed by atoms with van der Waals surface area (Å²) >= 11 is 0. The Labute approximate surface area is 160 Å². The average Bonchev–Trinajstić information content (AvgIpc) is 3.20. The van der Waals surface area contributed by atoms with Crippen molar-refractivity contribution >= 4 is 16.9 Å². The molecule has 0 bridgehead atoms. The fraction of sp³-hybridized carbons (Fsp3) is 0.476. The Kier molecular flexibility index (Phi) is 4.83. The highest BCUT2D eigenvalue weighted by Gasteiger charge is 2.24. The third-order valence-corrected chi connectivity index (χ3v) is 5.59. The van der Waals surface area contributed by atoms with E-state index >= 15 is 0 Å². The van der Waals surface area contributed by atoms with E-state index in [0.717, 1.165) is 54.5 Å². The summed E-state index contributed by atoms with van der Waals surface area (Å²) in [4.78, 5) is 11.7. The molecule has 1 N–H and O–H groups in total. The highest BCUT2D eigenvalue weighted by molar-refractivity contribution is 5.89. The van der Waals surface area contributed by atoms with Crippen LogP contribution in [-0.4, -0.2) is 50.8 Å². The number of anilines is 1. The van der Waals surface area contributed by atoms with E-state index in [4.69, 9.17) is 0 Å². The van der Waals surface area contributed by atoms with Crippen LogP contribution in [0.15, 0.2) is 24.3 Å². The van der Waals surface area contributed by atoms with Crippen LogP contribution >= 0.6 is 0 Å². The first-order valence-electron chi connectivity index (χ1n) is 9.72. The van der Waals surface area contributed by atoms with Crippen LogP contribution < -0.4 is 5.32 Å². The zero-order valence-corrected chi connectivity index (χ0v) is 16.7. The second kappa shape index (κ2) is 7.27. The molecule has 0 aliphatic carbocycles. The number of rotatable bonds is 5. The van der Waals surface area contributed by atoms with E-state index in [1.807, 2.05) is 25.6 Å². The second-order valence-corrected chi connectivity index (χ2v) is 7.60. The van der Waals surface area contributed by atoms with E-state index in [9.17, 15) is 0 Å². The summed E-state index contributed by atoms with van der Waals surface area (Å²) in [5.74, 6) is 2.33.